The van der Waals surface area contributed by atoms with Crippen LogP contribution in [0.5, 0.6) is 0 Å². The lowest BCUT2D eigenvalue weighted by atomic mass is 9.60. The molecule has 2 aliphatic rings. The van der Waals surface area contributed by atoms with E-state index in [0.29, 0.717) is 11.8 Å². The van der Waals surface area contributed by atoms with Gasteiger partial charge >= 0.3 is 0 Å². The Morgan fingerprint density at radius 1 is 0.333 bits per heavy atom. The van der Waals surface area contributed by atoms with Crippen LogP contribution in [0.25, 0.3) is 66.1 Å². The van der Waals surface area contributed by atoms with Crippen molar-refractivity contribution in [3.05, 3.63) is 157 Å². The van der Waals surface area contributed by atoms with Gasteiger partial charge in [0, 0.05) is 0 Å². The molecule has 0 aliphatic heterocycles. The summed E-state index contributed by atoms with van der Waals surface area (Å²) in [6.07, 6.45) is 2.59. The first-order valence-electron chi connectivity index (χ1n) is 15.2. The zero-order valence-corrected chi connectivity index (χ0v) is 23.4. The minimum atomic E-state index is 0.634. The summed E-state index contributed by atoms with van der Waals surface area (Å²) in [4.78, 5) is 0. The fraction of sp³-hybridized carbons (Fsp3) is 0.0952. The van der Waals surface area contributed by atoms with E-state index in [4.69, 9.17) is 0 Å². The minimum Gasteiger partial charge on any atom is -0.0622 e. The van der Waals surface area contributed by atoms with Crippen molar-refractivity contribution in [2.45, 2.75) is 24.7 Å². The van der Waals surface area contributed by atoms with Crippen LogP contribution in [0.3, 0.4) is 0 Å². The molecule has 0 nitrogen and oxygen atoms in total. The van der Waals surface area contributed by atoms with Crippen molar-refractivity contribution in [1.82, 2.24) is 0 Å². The average Bonchev–Trinajstić information content (AvgIpc) is 3.04. The smallest absolute Gasteiger partial charge is 0.00263 e. The molecule has 0 aromatic heterocycles. The molecule has 7 aromatic rings. The fourth-order valence-electron chi connectivity index (χ4n) is 7.79. The predicted octanol–water partition coefficient (Wildman–Crippen LogP) is 11.6. The maximum Gasteiger partial charge on any atom is -0.00263 e. The second-order valence-electron chi connectivity index (χ2n) is 12.0. The predicted molar refractivity (Wildman–Crippen MR) is 178 cm³/mol. The van der Waals surface area contributed by atoms with Crippen LogP contribution in [0.2, 0.25) is 0 Å². The van der Waals surface area contributed by atoms with E-state index in [2.05, 4.69) is 146 Å². The topological polar surface area (TPSA) is 0 Å². The molecule has 0 saturated heterocycles. The third kappa shape index (κ3) is 3.48. The van der Waals surface area contributed by atoms with Gasteiger partial charge < -0.3 is 0 Å². The van der Waals surface area contributed by atoms with Gasteiger partial charge in [0.15, 0.2) is 0 Å². The molecular weight excluding hydrogens is 504 g/mol. The van der Waals surface area contributed by atoms with Crippen molar-refractivity contribution < 1.29 is 0 Å². The monoisotopic (exact) mass is 534 g/mol. The average molecular weight is 535 g/mol. The lowest BCUT2D eigenvalue weighted by molar-refractivity contribution is 0.343. The summed E-state index contributed by atoms with van der Waals surface area (Å²) in [6.45, 7) is 0. The van der Waals surface area contributed by atoms with Gasteiger partial charge in [0.1, 0.15) is 0 Å². The van der Waals surface area contributed by atoms with E-state index in [1.54, 1.807) is 5.56 Å². The standard InChI is InChI=1S/C42H30/c1-2-10-27(11-3-1)28-18-20-29(21-19-28)41-36-14-6-8-16-38(36)42(39-17-9-7-15-37(39)41)30-22-23-34-32-13-5-4-12-31(32)33-24-25-35(33)40(34)26-30/h1-23,26,33,35H,24-25H2. The third-order valence-electron chi connectivity index (χ3n) is 9.88. The maximum absolute atomic E-state index is 2.53. The summed E-state index contributed by atoms with van der Waals surface area (Å²) < 4.78 is 0. The van der Waals surface area contributed by atoms with Crippen LogP contribution < -0.4 is 0 Å². The molecule has 0 heterocycles. The van der Waals surface area contributed by atoms with Crippen LogP contribution in [0.1, 0.15) is 35.8 Å². The first-order chi connectivity index (χ1) is 20.8. The van der Waals surface area contributed by atoms with Crippen molar-refractivity contribution in [2.75, 3.05) is 0 Å². The Kier molecular flexibility index (Phi) is 5.25. The number of hydrogen-bond acceptors (Lipinski definition) is 0. The van der Waals surface area contributed by atoms with Gasteiger partial charge in [0.2, 0.25) is 0 Å². The Morgan fingerprint density at radius 2 is 0.786 bits per heavy atom. The van der Waals surface area contributed by atoms with E-state index in [0.717, 1.165) is 0 Å². The van der Waals surface area contributed by atoms with Crippen LogP contribution >= 0.6 is 0 Å². The second-order valence-corrected chi connectivity index (χ2v) is 12.0. The van der Waals surface area contributed by atoms with Gasteiger partial charge in [0.05, 0.1) is 0 Å². The molecule has 0 heteroatoms. The Balaban J connectivity index is 1.27. The van der Waals surface area contributed by atoms with Crippen molar-refractivity contribution >= 4 is 21.5 Å². The van der Waals surface area contributed by atoms with E-state index < -0.39 is 0 Å². The summed E-state index contributed by atoms with van der Waals surface area (Å²) in [7, 11) is 0. The largest absolute Gasteiger partial charge is 0.0622 e. The molecule has 9 rings (SSSR count). The van der Waals surface area contributed by atoms with Gasteiger partial charge in [-0.1, -0.05) is 146 Å². The fourth-order valence-corrected chi connectivity index (χ4v) is 7.79. The van der Waals surface area contributed by atoms with Crippen molar-refractivity contribution in [1.29, 1.82) is 0 Å². The summed E-state index contributed by atoms with van der Waals surface area (Å²) >= 11 is 0. The minimum absolute atomic E-state index is 0.634. The van der Waals surface area contributed by atoms with Crippen LogP contribution in [0.4, 0.5) is 0 Å². The highest BCUT2D eigenvalue weighted by Gasteiger charge is 2.39. The summed E-state index contributed by atoms with van der Waals surface area (Å²) in [6, 6.07) is 54.2. The molecular formula is C42H30. The SMILES string of the molecule is c1ccc(-c2ccc(-c3c4ccccc4c(-c4ccc5c(c4)C4CCC4c4ccccc4-5)c4ccccc34)cc2)cc1. The first-order valence-corrected chi connectivity index (χ1v) is 15.2. The Bertz CT molecular complexity index is 2080. The van der Waals surface area contributed by atoms with Gasteiger partial charge in [-0.3, -0.25) is 0 Å². The lowest BCUT2D eigenvalue weighted by Gasteiger charge is -2.43. The van der Waals surface area contributed by atoms with Gasteiger partial charge in [0.25, 0.3) is 0 Å². The quantitative estimate of drug-likeness (QED) is 0.198. The molecule has 2 aliphatic carbocycles. The van der Waals surface area contributed by atoms with Gasteiger partial charge in [-0.25, -0.2) is 0 Å². The zero-order chi connectivity index (χ0) is 27.6. The van der Waals surface area contributed by atoms with E-state index in [9.17, 15) is 0 Å². The Morgan fingerprint density at radius 3 is 1.43 bits per heavy atom. The van der Waals surface area contributed by atoms with Gasteiger partial charge in [-0.2, -0.15) is 0 Å². The number of fused-ring (bicyclic) bond motifs is 8. The Labute approximate surface area is 246 Å². The number of rotatable bonds is 3. The van der Waals surface area contributed by atoms with E-state index >= 15 is 0 Å². The summed E-state index contributed by atoms with van der Waals surface area (Å²) in [5.74, 6) is 1.30. The molecule has 0 radical (unpaired) electrons. The highest BCUT2D eigenvalue weighted by molar-refractivity contribution is 6.21. The molecule has 198 valence electrons. The molecule has 1 saturated carbocycles. The highest BCUT2D eigenvalue weighted by Crippen LogP contribution is 2.58. The normalized spacial score (nSPS) is 16.9. The van der Waals surface area contributed by atoms with Crippen molar-refractivity contribution in [3.8, 4) is 44.5 Å². The highest BCUT2D eigenvalue weighted by atomic mass is 14.4. The van der Waals surface area contributed by atoms with Crippen molar-refractivity contribution in [2.24, 2.45) is 0 Å². The summed E-state index contributed by atoms with van der Waals surface area (Å²) in [5.41, 5.74) is 13.7. The zero-order valence-electron chi connectivity index (χ0n) is 23.4. The van der Waals surface area contributed by atoms with Crippen molar-refractivity contribution in [3.63, 3.8) is 0 Å². The number of hydrogen-bond donors (Lipinski definition) is 0. The molecule has 0 N–H and O–H groups in total. The second kappa shape index (κ2) is 9.29. The van der Waals surface area contributed by atoms with Crippen LogP contribution in [-0.2, 0) is 0 Å². The van der Waals surface area contributed by atoms with E-state index in [1.165, 1.54) is 84.5 Å². The maximum atomic E-state index is 2.53. The molecule has 0 spiro atoms. The Hall–Kier alpha value is -4.94. The molecule has 2 unspecified atom stereocenters. The first kappa shape index (κ1) is 23.7. The molecule has 42 heavy (non-hydrogen) atoms. The van der Waals surface area contributed by atoms with Crippen LogP contribution in [0, 0.1) is 0 Å². The third-order valence-corrected chi connectivity index (χ3v) is 9.88. The lowest BCUT2D eigenvalue weighted by Crippen LogP contribution is -2.26. The van der Waals surface area contributed by atoms with E-state index in [-0.39, 0.29) is 0 Å². The molecule has 0 bridgehead atoms. The number of benzene rings is 7. The van der Waals surface area contributed by atoms with Gasteiger partial charge in [-0.05, 0) is 102 Å². The molecule has 2 atom stereocenters. The molecule has 0 amide bonds. The van der Waals surface area contributed by atoms with E-state index in [1.807, 2.05) is 0 Å². The summed E-state index contributed by atoms with van der Waals surface area (Å²) in [5, 5.41) is 5.26. The van der Waals surface area contributed by atoms with Gasteiger partial charge in [-0.15, -0.1) is 0 Å². The molecule has 1 fully saturated rings. The van der Waals surface area contributed by atoms with Crippen LogP contribution in [-0.4, -0.2) is 0 Å². The molecule has 7 aromatic carbocycles. The van der Waals surface area contributed by atoms with Crippen LogP contribution in [0.15, 0.2) is 146 Å².